The van der Waals surface area contributed by atoms with Gasteiger partial charge in [-0.3, -0.25) is 4.79 Å². The number of nitrogens with two attached hydrogens (primary N) is 1. The third kappa shape index (κ3) is 1.54. The molecule has 13 heavy (non-hydrogen) atoms. The minimum Gasteiger partial charge on any atom is -0.332 e. The average molecular weight is 198 g/mol. The summed E-state index contributed by atoms with van der Waals surface area (Å²) >= 11 is 1.51. The van der Waals surface area contributed by atoms with Crippen molar-refractivity contribution in [3.8, 4) is 0 Å². The summed E-state index contributed by atoms with van der Waals surface area (Å²) in [4.78, 5) is 12.8. The summed E-state index contributed by atoms with van der Waals surface area (Å²) in [5, 5.41) is 9.60. The smallest absolute Gasteiger partial charge is 0.241 e. The Kier molecular flexibility index (Phi) is 2.01. The molecule has 1 saturated heterocycles. The monoisotopic (exact) mass is 198 g/mol. The normalized spacial score (nSPS) is 21.8. The molecular formula is C7H10N4OS. The molecule has 1 unspecified atom stereocenters. The van der Waals surface area contributed by atoms with E-state index < -0.39 is 0 Å². The number of amides is 1. The van der Waals surface area contributed by atoms with Crippen LogP contribution < -0.4 is 5.73 Å². The minimum atomic E-state index is -0.297. The van der Waals surface area contributed by atoms with Gasteiger partial charge in [-0.1, -0.05) is 11.3 Å². The first-order chi connectivity index (χ1) is 6.16. The van der Waals surface area contributed by atoms with Gasteiger partial charge in [0.1, 0.15) is 16.1 Å². The van der Waals surface area contributed by atoms with Crippen LogP contribution in [0.5, 0.6) is 0 Å². The fourth-order valence-electron chi connectivity index (χ4n) is 1.23. The molecule has 1 fully saturated rings. The van der Waals surface area contributed by atoms with Gasteiger partial charge in [0, 0.05) is 6.54 Å². The van der Waals surface area contributed by atoms with E-state index in [1.807, 2.05) is 6.92 Å². The van der Waals surface area contributed by atoms with Crippen molar-refractivity contribution in [2.24, 2.45) is 5.73 Å². The highest BCUT2D eigenvalue weighted by atomic mass is 32.1. The predicted octanol–water partition coefficient (Wildman–Crippen LogP) is -0.484. The Morgan fingerprint density at radius 3 is 2.92 bits per heavy atom. The third-order valence-corrected chi connectivity index (χ3v) is 2.76. The van der Waals surface area contributed by atoms with Crippen molar-refractivity contribution in [3.05, 3.63) is 10.0 Å². The fourth-order valence-corrected chi connectivity index (χ4v) is 1.96. The van der Waals surface area contributed by atoms with E-state index >= 15 is 0 Å². The zero-order chi connectivity index (χ0) is 9.42. The number of likely N-dealkylation sites (tertiary alicyclic amines) is 1. The van der Waals surface area contributed by atoms with Crippen LogP contribution >= 0.6 is 11.3 Å². The third-order valence-electron chi connectivity index (χ3n) is 1.94. The Bertz CT molecular complexity index is 337. The first kappa shape index (κ1) is 8.58. The molecule has 2 rings (SSSR count). The van der Waals surface area contributed by atoms with Crippen molar-refractivity contribution in [2.45, 2.75) is 19.5 Å². The maximum atomic E-state index is 11.1. The van der Waals surface area contributed by atoms with Crippen LogP contribution in [0.4, 0.5) is 0 Å². The van der Waals surface area contributed by atoms with Gasteiger partial charge in [-0.15, -0.1) is 10.2 Å². The van der Waals surface area contributed by atoms with Gasteiger partial charge < -0.3 is 10.6 Å². The lowest BCUT2D eigenvalue weighted by atomic mass is 10.1. The van der Waals surface area contributed by atoms with Crippen LogP contribution in [0.1, 0.15) is 10.0 Å². The fraction of sp³-hybridized carbons (Fsp3) is 0.571. The lowest BCUT2D eigenvalue weighted by molar-refractivity contribution is -0.143. The van der Waals surface area contributed by atoms with Gasteiger partial charge in [-0.2, -0.15) is 0 Å². The minimum absolute atomic E-state index is 0.00727. The molecule has 1 aromatic rings. The first-order valence-electron chi connectivity index (χ1n) is 4.00. The molecule has 0 saturated carbocycles. The Hall–Kier alpha value is -1.01. The van der Waals surface area contributed by atoms with Crippen LogP contribution in [0.15, 0.2) is 0 Å². The molecule has 70 valence electrons. The summed E-state index contributed by atoms with van der Waals surface area (Å²) in [6.45, 7) is 3.08. The molecule has 0 aliphatic carbocycles. The summed E-state index contributed by atoms with van der Waals surface area (Å²) in [7, 11) is 0. The first-order valence-corrected chi connectivity index (χ1v) is 4.82. The van der Waals surface area contributed by atoms with Crippen molar-refractivity contribution < 1.29 is 4.79 Å². The molecule has 1 atom stereocenters. The number of hydrogen-bond donors (Lipinski definition) is 1. The number of β-lactam (4-membered cyclic amide) rings is 1. The quantitative estimate of drug-likeness (QED) is 0.651. The molecule has 0 spiro atoms. The summed E-state index contributed by atoms with van der Waals surface area (Å²) in [6, 6.07) is -0.297. The predicted molar refractivity (Wildman–Crippen MR) is 48.0 cm³/mol. The van der Waals surface area contributed by atoms with Gasteiger partial charge in [0.2, 0.25) is 5.91 Å². The molecule has 1 amide bonds. The van der Waals surface area contributed by atoms with Crippen LogP contribution in [0.2, 0.25) is 0 Å². The Labute approximate surface area is 79.6 Å². The molecule has 1 aliphatic rings. The highest BCUT2D eigenvalue weighted by molar-refractivity contribution is 7.11. The number of carbonyl (C=O) groups excluding carboxylic acids is 1. The average Bonchev–Trinajstić information content (AvgIpc) is 2.50. The molecular weight excluding hydrogens is 188 g/mol. The molecule has 6 heteroatoms. The summed E-state index contributed by atoms with van der Waals surface area (Å²) in [5.41, 5.74) is 5.45. The molecule has 0 aromatic carbocycles. The Balaban J connectivity index is 1.96. The van der Waals surface area contributed by atoms with E-state index in [9.17, 15) is 4.79 Å². The number of rotatable bonds is 2. The number of hydrogen-bond acceptors (Lipinski definition) is 5. The largest absolute Gasteiger partial charge is 0.332 e. The second-order valence-corrected chi connectivity index (χ2v) is 4.31. The van der Waals surface area contributed by atoms with Gasteiger partial charge in [-0.25, -0.2) is 0 Å². The topological polar surface area (TPSA) is 72.1 Å². The van der Waals surface area contributed by atoms with E-state index in [1.165, 1.54) is 11.3 Å². The SMILES string of the molecule is Cc1nnc(CN2CC(N)C2=O)s1. The van der Waals surface area contributed by atoms with E-state index in [4.69, 9.17) is 5.73 Å². The van der Waals surface area contributed by atoms with Gasteiger partial charge >= 0.3 is 0 Å². The lowest BCUT2D eigenvalue weighted by Crippen LogP contribution is -2.60. The summed E-state index contributed by atoms with van der Waals surface area (Å²) in [6.07, 6.45) is 0. The molecule has 0 radical (unpaired) electrons. The van der Waals surface area contributed by atoms with Gasteiger partial charge in [0.15, 0.2) is 0 Å². The standard InChI is InChI=1S/C7H10N4OS/c1-4-9-10-6(13-4)3-11-2-5(8)7(11)12/h5H,2-3,8H2,1H3. The van der Waals surface area contributed by atoms with Crippen molar-refractivity contribution in [2.75, 3.05) is 6.54 Å². The van der Waals surface area contributed by atoms with Crippen LogP contribution in [-0.2, 0) is 11.3 Å². The number of nitrogens with zero attached hydrogens (tertiary/aromatic N) is 3. The van der Waals surface area contributed by atoms with Crippen LogP contribution in [0.3, 0.4) is 0 Å². The van der Waals surface area contributed by atoms with Crippen LogP contribution in [-0.4, -0.2) is 33.6 Å². The second kappa shape index (κ2) is 3.04. The highest BCUT2D eigenvalue weighted by Gasteiger charge is 2.33. The van der Waals surface area contributed by atoms with Crippen LogP contribution in [0.25, 0.3) is 0 Å². The van der Waals surface area contributed by atoms with Crippen molar-refractivity contribution in [1.29, 1.82) is 0 Å². The second-order valence-electron chi connectivity index (χ2n) is 3.04. The highest BCUT2D eigenvalue weighted by Crippen LogP contribution is 2.15. The molecule has 2 heterocycles. The van der Waals surface area contributed by atoms with Gasteiger partial charge in [0.05, 0.1) is 6.54 Å². The molecule has 0 bridgehead atoms. The molecule has 2 N–H and O–H groups in total. The van der Waals surface area contributed by atoms with E-state index in [0.29, 0.717) is 13.1 Å². The summed E-state index contributed by atoms with van der Waals surface area (Å²) in [5.74, 6) is 0.00727. The van der Waals surface area contributed by atoms with Gasteiger partial charge in [0.25, 0.3) is 0 Å². The van der Waals surface area contributed by atoms with E-state index in [1.54, 1.807) is 4.90 Å². The lowest BCUT2D eigenvalue weighted by Gasteiger charge is -2.35. The molecule has 1 aromatic heterocycles. The number of aromatic nitrogens is 2. The van der Waals surface area contributed by atoms with Crippen molar-refractivity contribution in [1.82, 2.24) is 15.1 Å². The van der Waals surface area contributed by atoms with E-state index in [-0.39, 0.29) is 11.9 Å². The van der Waals surface area contributed by atoms with Gasteiger partial charge in [-0.05, 0) is 6.92 Å². The maximum Gasteiger partial charge on any atom is 0.241 e. The zero-order valence-corrected chi connectivity index (χ0v) is 8.04. The maximum absolute atomic E-state index is 11.1. The Morgan fingerprint density at radius 2 is 2.46 bits per heavy atom. The zero-order valence-electron chi connectivity index (χ0n) is 7.23. The number of aryl methyl sites for hydroxylation is 1. The summed E-state index contributed by atoms with van der Waals surface area (Å²) < 4.78 is 0. The molecule has 5 nitrogen and oxygen atoms in total. The van der Waals surface area contributed by atoms with Crippen LogP contribution in [0, 0.1) is 6.92 Å². The van der Waals surface area contributed by atoms with E-state index in [2.05, 4.69) is 10.2 Å². The number of carbonyl (C=O) groups is 1. The van der Waals surface area contributed by atoms with Crippen molar-refractivity contribution in [3.63, 3.8) is 0 Å². The van der Waals surface area contributed by atoms with E-state index in [0.717, 1.165) is 10.0 Å². The Morgan fingerprint density at radius 1 is 1.69 bits per heavy atom. The molecule has 1 aliphatic heterocycles. The van der Waals surface area contributed by atoms with Crippen molar-refractivity contribution >= 4 is 17.2 Å².